The highest BCUT2D eigenvalue weighted by Crippen LogP contribution is 2.20. The van der Waals surface area contributed by atoms with Crippen molar-refractivity contribution in [2.45, 2.75) is 19.6 Å². The molecule has 0 spiro atoms. The van der Waals surface area contributed by atoms with Gasteiger partial charge in [0.2, 0.25) is 0 Å². The monoisotopic (exact) mass is 219 g/mol. The maximum atomic E-state index is 11.8. The Morgan fingerprint density at radius 1 is 1.33 bits per heavy atom. The predicted octanol–water partition coefficient (Wildman–Crippen LogP) is 2.39. The van der Waals surface area contributed by atoms with Crippen molar-refractivity contribution in [2.24, 2.45) is 5.73 Å². The highest BCUT2D eigenvalue weighted by molar-refractivity contribution is 5.34. The first-order valence-electron chi connectivity index (χ1n) is 4.41. The average Bonchev–Trinajstić information content (AvgIpc) is 2.14. The van der Waals surface area contributed by atoms with Gasteiger partial charge < -0.3 is 10.5 Å². The van der Waals surface area contributed by atoms with Gasteiger partial charge in [0.05, 0.1) is 0 Å². The Hall–Kier alpha value is -1.23. The van der Waals surface area contributed by atoms with Gasteiger partial charge in [-0.05, 0) is 30.2 Å². The Kier molecular flexibility index (Phi) is 3.57. The summed E-state index contributed by atoms with van der Waals surface area (Å²) in [4.78, 5) is 0. The van der Waals surface area contributed by atoms with Crippen LogP contribution in [0.1, 0.15) is 11.1 Å². The Morgan fingerprint density at radius 2 is 2.00 bits per heavy atom. The molecule has 0 aliphatic rings. The number of nitrogens with two attached hydrogens (primary N) is 1. The fourth-order valence-electron chi connectivity index (χ4n) is 1.15. The van der Waals surface area contributed by atoms with Crippen molar-refractivity contribution < 1.29 is 17.9 Å². The van der Waals surface area contributed by atoms with Crippen LogP contribution >= 0.6 is 0 Å². The molecule has 5 heteroatoms. The van der Waals surface area contributed by atoms with E-state index < -0.39 is 12.8 Å². The summed E-state index contributed by atoms with van der Waals surface area (Å²) >= 11 is 0. The van der Waals surface area contributed by atoms with Gasteiger partial charge in [-0.15, -0.1) is 0 Å². The SMILES string of the molecule is Cc1cc(OCC(F)(F)F)ccc1CN. The highest BCUT2D eigenvalue weighted by Gasteiger charge is 2.28. The Morgan fingerprint density at radius 3 is 2.47 bits per heavy atom. The zero-order valence-electron chi connectivity index (χ0n) is 8.27. The average molecular weight is 219 g/mol. The van der Waals surface area contributed by atoms with Crippen LogP contribution in [-0.4, -0.2) is 12.8 Å². The lowest BCUT2D eigenvalue weighted by molar-refractivity contribution is -0.153. The third-order valence-corrected chi connectivity index (χ3v) is 1.94. The van der Waals surface area contributed by atoms with Gasteiger partial charge in [-0.3, -0.25) is 0 Å². The quantitative estimate of drug-likeness (QED) is 0.847. The van der Waals surface area contributed by atoms with Gasteiger partial charge in [0.25, 0.3) is 0 Å². The first kappa shape index (κ1) is 11.8. The van der Waals surface area contributed by atoms with E-state index in [4.69, 9.17) is 5.73 Å². The Labute approximate surface area is 85.8 Å². The summed E-state index contributed by atoms with van der Waals surface area (Å²) in [6.45, 7) is 0.877. The van der Waals surface area contributed by atoms with Crippen LogP contribution in [-0.2, 0) is 6.54 Å². The second kappa shape index (κ2) is 4.53. The molecule has 2 N–H and O–H groups in total. The maximum Gasteiger partial charge on any atom is 0.422 e. The number of alkyl halides is 3. The molecule has 0 saturated carbocycles. The second-order valence-electron chi connectivity index (χ2n) is 3.20. The minimum Gasteiger partial charge on any atom is -0.484 e. The molecule has 0 aromatic heterocycles. The molecule has 2 nitrogen and oxygen atoms in total. The summed E-state index contributed by atoms with van der Waals surface area (Å²) in [5.74, 6) is 0.210. The lowest BCUT2D eigenvalue weighted by Crippen LogP contribution is -2.19. The molecule has 0 atom stereocenters. The van der Waals surface area contributed by atoms with Gasteiger partial charge in [0, 0.05) is 6.54 Å². The molecule has 1 rings (SSSR count). The fourth-order valence-corrected chi connectivity index (χ4v) is 1.15. The third-order valence-electron chi connectivity index (χ3n) is 1.94. The molecular weight excluding hydrogens is 207 g/mol. The largest absolute Gasteiger partial charge is 0.484 e. The lowest BCUT2D eigenvalue weighted by Gasteiger charge is -2.10. The Balaban J connectivity index is 2.68. The molecule has 0 bridgehead atoms. The van der Waals surface area contributed by atoms with Gasteiger partial charge in [-0.25, -0.2) is 0 Å². The van der Waals surface area contributed by atoms with Crippen molar-refractivity contribution in [2.75, 3.05) is 6.61 Å². The fraction of sp³-hybridized carbons (Fsp3) is 0.400. The van der Waals surface area contributed by atoms with E-state index in [0.29, 0.717) is 6.54 Å². The zero-order chi connectivity index (χ0) is 11.5. The lowest BCUT2D eigenvalue weighted by atomic mass is 10.1. The molecule has 0 saturated heterocycles. The van der Waals surface area contributed by atoms with Crippen LogP contribution in [0, 0.1) is 6.92 Å². The molecule has 0 radical (unpaired) electrons. The van der Waals surface area contributed by atoms with Crippen LogP contribution in [0.15, 0.2) is 18.2 Å². The summed E-state index contributed by atoms with van der Waals surface area (Å²) in [7, 11) is 0. The molecule has 0 heterocycles. The molecule has 0 aliphatic carbocycles. The summed E-state index contributed by atoms with van der Waals surface area (Å²) < 4.78 is 40.1. The number of ether oxygens (including phenoxy) is 1. The molecule has 1 aromatic rings. The van der Waals surface area contributed by atoms with Crippen LogP contribution in [0.3, 0.4) is 0 Å². The number of hydrogen-bond donors (Lipinski definition) is 1. The van der Waals surface area contributed by atoms with E-state index in [1.54, 1.807) is 19.1 Å². The topological polar surface area (TPSA) is 35.2 Å². The van der Waals surface area contributed by atoms with Crippen molar-refractivity contribution in [1.82, 2.24) is 0 Å². The summed E-state index contributed by atoms with van der Waals surface area (Å²) in [5.41, 5.74) is 7.15. The van der Waals surface area contributed by atoms with Crippen molar-refractivity contribution in [3.05, 3.63) is 29.3 Å². The molecule has 1 aromatic carbocycles. The second-order valence-corrected chi connectivity index (χ2v) is 3.20. The standard InChI is InChI=1S/C10H12F3NO/c1-7-4-9(3-2-8(7)5-14)15-6-10(11,12)13/h2-4H,5-6,14H2,1H3. The van der Waals surface area contributed by atoms with Crippen molar-refractivity contribution >= 4 is 0 Å². The molecule has 0 aliphatic heterocycles. The predicted molar refractivity (Wildman–Crippen MR) is 50.6 cm³/mol. The number of hydrogen-bond acceptors (Lipinski definition) is 2. The molecule has 15 heavy (non-hydrogen) atoms. The van der Waals surface area contributed by atoms with Crippen LogP contribution in [0.5, 0.6) is 5.75 Å². The number of benzene rings is 1. The number of rotatable bonds is 3. The van der Waals surface area contributed by atoms with Crippen LogP contribution < -0.4 is 10.5 Å². The van der Waals surface area contributed by atoms with E-state index in [2.05, 4.69) is 4.74 Å². The molecule has 0 unspecified atom stereocenters. The van der Waals surface area contributed by atoms with Gasteiger partial charge in [-0.1, -0.05) is 6.07 Å². The summed E-state index contributed by atoms with van der Waals surface area (Å²) in [5, 5.41) is 0. The molecule has 0 amide bonds. The van der Waals surface area contributed by atoms with Gasteiger partial charge >= 0.3 is 6.18 Å². The molecule has 0 fully saturated rings. The van der Waals surface area contributed by atoms with E-state index >= 15 is 0 Å². The highest BCUT2D eigenvalue weighted by atomic mass is 19.4. The smallest absolute Gasteiger partial charge is 0.422 e. The van der Waals surface area contributed by atoms with E-state index in [0.717, 1.165) is 11.1 Å². The van der Waals surface area contributed by atoms with Gasteiger partial charge in [0.15, 0.2) is 6.61 Å². The minimum atomic E-state index is -4.31. The van der Waals surface area contributed by atoms with Crippen LogP contribution in [0.4, 0.5) is 13.2 Å². The van der Waals surface area contributed by atoms with Gasteiger partial charge in [-0.2, -0.15) is 13.2 Å². The maximum absolute atomic E-state index is 11.8. The van der Waals surface area contributed by atoms with E-state index in [1.165, 1.54) is 6.07 Å². The summed E-state index contributed by atoms with van der Waals surface area (Å²) in [6, 6.07) is 4.70. The molecule has 84 valence electrons. The molecular formula is C10H12F3NO. The van der Waals surface area contributed by atoms with Crippen LogP contribution in [0.2, 0.25) is 0 Å². The first-order valence-corrected chi connectivity index (χ1v) is 4.41. The third kappa shape index (κ3) is 3.79. The minimum absolute atomic E-state index is 0.210. The van der Waals surface area contributed by atoms with Crippen molar-refractivity contribution in [3.63, 3.8) is 0 Å². The van der Waals surface area contributed by atoms with Crippen molar-refractivity contribution in [1.29, 1.82) is 0 Å². The number of aryl methyl sites for hydroxylation is 1. The first-order chi connectivity index (χ1) is 6.92. The van der Waals surface area contributed by atoms with Gasteiger partial charge in [0.1, 0.15) is 5.75 Å². The summed E-state index contributed by atoms with van der Waals surface area (Å²) in [6.07, 6.45) is -4.31. The number of halogens is 3. The van der Waals surface area contributed by atoms with E-state index in [9.17, 15) is 13.2 Å². The van der Waals surface area contributed by atoms with E-state index in [1.807, 2.05) is 0 Å². The van der Waals surface area contributed by atoms with E-state index in [-0.39, 0.29) is 5.75 Å². The Bertz CT molecular complexity index is 336. The normalized spacial score (nSPS) is 11.5. The van der Waals surface area contributed by atoms with Crippen molar-refractivity contribution in [3.8, 4) is 5.75 Å². The van der Waals surface area contributed by atoms with Crippen LogP contribution in [0.25, 0.3) is 0 Å². The zero-order valence-corrected chi connectivity index (χ0v) is 8.27.